The highest BCUT2D eigenvalue weighted by atomic mass is 16.2. The summed E-state index contributed by atoms with van der Waals surface area (Å²) in [4.78, 5) is 25.6. The van der Waals surface area contributed by atoms with Crippen molar-refractivity contribution in [3.05, 3.63) is 59.2 Å². The molecule has 2 amide bonds. The van der Waals surface area contributed by atoms with Crippen LogP contribution in [0.4, 0.5) is 11.4 Å². The second-order valence-electron chi connectivity index (χ2n) is 6.16. The van der Waals surface area contributed by atoms with Gasteiger partial charge in [0.2, 0.25) is 5.91 Å². The largest absolute Gasteiger partial charge is 0.384 e. The fourth-order valence-corrected chi connectivity index (χ4v) is 2.69. The first kappa shape index (κ1) is 16.1. The first-order valence-electron chi connectivity index (χ1n) is 8.00. The van der Waals surface area contributed by atoms with Crippen molar-refractivity contribution in [1.82, 2.24) is 4.90 Å². The molecule has 5 nitrogen and oxygen atoms in total. The summed E-state index contributed by atoms with van der Waals surface area (Å²) >= 11 is 0. The van der Waals surface area contributed by atoms with Gasteiger partial charge in [-0.05, 0) is 47.9 Å². The Kier molecular flexibility index (Phi) is 4.51. The van der Waals surface area contributed by atoms with Crippen molar-refractivity contribution in [2.45, 2.75) is 12.8 Å². The monoisotopic (exact) mass is 323 g/mol. The lowest BCUT2D eigenvalue weighted by atomic mass is 10.1. The highest BCUT2D eigenvalue weighted by Crippen LogP contribution is 2.23. The number of likely N-dealkylation sites (N-methyl/N-ethyl adjacent to an activating group) is 1. The molecule has 0 bridgehead atoms. The average Bonchev–Trinajstić information content (AvgIpc) is 3.04. The first-order valence-corrected chi connectivity index (χ1v) is 8.00. The van der Waals surface area contributed by atoms with Gasteiger partial charge in [0.25, 0.3) is 5.91 Å². The molecule has 0 aliphatic carbocycles. The van der Waals surface area contributed by atoms with Crippen LogP contribution in [-0.2, 0) is 17.6 Å². The molecule has 124 valence electrons. The molecule has 2 aromatic rings. The van der Waals surface area contributed by atoms with Gasteiger partial charge in [0, 0.05) is 37.6 Å². The van der Waals surface area contributed by atoms with Gasteiger partial charge in [-0.3, -0.25) is 9.59 Å². The molecule has 0 unspecified atom stereocenters. The summed E-state index contributed by atoms with van der Waals surface area (Å²) in [5.74, 6) is -0.0691. The zero-order valence-corrected chi connectivity index (χ0v) is 13.9. The minimum atomic E-state index is -0.123. The van der Waals surface area contributed by atoms with Crippen LogP contribution in [-0.4, -0.2) is 37.4 Å². The molecule has 2 aromatic carbocycles. The summed E-state index contributed by atoms with van der Waals surface area (Å²) in [6.07, 6.45) is 1.31. The van der Waals surface area contributed by atoms with Gasteiger partial charge >= 0.3 is 0 Å². The quantitative estimate of drug-likeness (QED) is 0.909. The van der Waals surface area contributed by atoms with Crippen LogP contribution in [0.1, 0.15) is 21.5 Å². The zero-order chi connectivity index (χ0) is 17.1. The molecule has 24 heavy (non-hydrogen) atoms. The van der Waals surface area contributed by atoms with Crippen LogP contribution in [0.3, 0.4) is 0 Å². The summed E-state index contributed by atoms with van der Waals surface area (Å²) in [5.41, 5.74) is 4.60. The normalized spacial score (nSPS) is 12.2. The standard InChI is InChI=1S/C19H21N3O2/c1-22(2)18(23)11-13-3-6-16(7-4-13)21-19(24)15-5-8-17-14(12-15)9-10-20-17/h3-8,12,20H,9-11H2,1-2H3,(H,21,24). The maximum absolute atomic E-state index is 12.4. The number of amides is 2. The van der Waals surface area contributed by atoms with Crippen LogP contribution in [0.15, 0.2) is 42.5 Å². The molecule has 5 heteroatoms. The highest BCUT2D eigenvalue weighted by molar-refractivity contribution is 6.04. The van der Waals surface area contributed by atoms with Gasteiger partial charge in [0.15, 0.2) is 0 Å². The molecule has 0 saturated heterocycles. The highest BCUT2D eigenvalue weighted by Gasteiger charge is 2.13. The lowest BCUT2D eigenvalue weighted by Crippen LogP contribution is -2.23. The molecule has 0 radical (unpaired) electrons. The van der Waals surface area contributed by atoms with E-state index in [2.05, 4.69) is 10.6 Å². The topological polar surface area (TPSA) is 61.4 Å². The first-order chi connectivity index (χ1) is 11.5. The van der Waals surface area contributed by atoms with Gasteiger partial charge < -0.3 is 15.5 Å². The van der Waals surface area contributed by atoms with Crippen molar-refractivity contribution in [3.63, 3.8) is 0 Å². The molecular weight excluding hydrogens is 302 g/mol. The van der Waals surface area contributed by atoms with E-state index in [1.165, 1.54) is 5.56 Å². The number of hydrogen-bond acceptors (Lipinski definition) is 3. The Morgan fingerprint density at radius 1 is 1.12 bits per heavy atom. The second-order valence-corrected chi connectivity index (χ2v) is 6.16. The van der Waals surface area contributed by atoms with Gasteiger partial charge in [0.1, 0.15) is 0 Å². The van der Waals surface area contributed by atoms with Crippen molar-refractivity contribution in [2.75, 3.05) is 31.3 Å². The Balaban J connectivity index is 1.65. The third-order valence-corrected chi connectivity index (χ3v) is 4.14. The summed E-state index contributed by atoms with van der Waals surface area (Å²) in [6, 6.07) is 13.1. The Labute approximate surface area is 141 Å². The van der Waals surface area contributed by atoms with E-state index in [4.69, 9.17) is 0 Å². The molecular formula is C19H21N3O2. The lowest BCUT2D eigenvalue weighted by Gasteiger charge is -2.11. The Bertz CT molecular complexity index is 767. The molecule has 0 aromatic heterocycles. The van der Waals surface area contributed by atoms with E-state index < -0.39 is 0 Å². The number of nitrogens with one attached hydrogen (secondary N) is 2. The van der Waals surface area contributed by atoms with E-state index in [1.807, 2.05) is 42.5 Å². The molecule has 0 saturated carbocycles. The van der Waals surface area contributed by atoms with Crippen molar-refractivity contribution >= 4 is 23.2 Å². The van der Waals surface area contributed by atoms with Crippen molar-refractivity contribution in [3.8, 4) is 0 Å². The van der Waals surface area contributed by atoms with Gasteiger partial charge in [-0.15, -0.1) is 0 Å². The second kappa shape index (κ2) is 6.74. The summed E-state index contributed by atoms with van der Waals surface area (Å²) in [6.45, 7) is 0.924. The minimum Gasteiger partial charge on any atom is -0.384 e. The minimum absolute atomic E-state index is 0.0542. The van der Waals surface area contributed by atoms with Crippen LogP contribution in [0, 0.1) is 0 Å². The number of rotatable bonds is 4. The predicted molar refractivity (Wildman–Crippen MR) is 95.4 cm³/mol. The molecule has 1 heterocycles. The Morgan fingerprint density at radius 2 is 1.88 bits per heavy atom. The van der Waals surface area contributed by atoms with Gasteiger partial charge in [-0.2, -0.15) is 0 Å². The lowest BCUT2D eigenvalue weighted by molar-refractivity contribution is -0.127. The Morgan fingerprint density at radius 3 is 2.58 bits per heavy atom. The number of fused-ring (bicyclic) bond motifs is 1. The SMILES string of the molecule is CN(C)C(=O)Cc1ccc(NC(=O)c2ccc3c(c2)CCN3)cc1. The van der Waals surface area contributed by atoms with Crippen LogP contribution < -0.4 is 10.6 Å². The van der Waals surface area contributed by atoms with Crippen molar-refractivity contribution in [2.24, 2.45) is 0 Å². The number of anilines is 2. The Hall–Kier alpha value is -2.82. The maximum Gasteiger partial charge on any atom is 0.255 e. The number of nitrogens with zero attached hydrogens (tertiary/aromatic N) is 1. The van der Waals surface area contributed by atoms with Gasteiger partial charge in [0.05, 0.1) is 6.42 Å². The van der Waals surface area contributed by atoms with Crippen LogP contribution in [0.2, 0.25) is 0 Å². The predicted octanol–water partition coefficient (Wildman–Crippen LogP) is 2.54. The van der Waals surface area contributed by atoms with Gasteiger partial charge in [-0.1, -0.05) is 12.1 Å². The zero-order valence-electron chi connectivity index (χ0n) is 13.9. The van der Waals surface area contributed by atoms with E-state index in [0.717, 1.165) is 29.9 Å². The van der Waals surface area contributed by atoms with Gasteiger partial charge in [-0.25, -0.2) is 0 Å². The molecule has 3 rings (SSSR count). The van der Waals surface area contributed by atoms with E-state index in [1.54, 1.807) is 19.0 Å². The number of carbonyl (C=O) groups excluding carboxylic acids is 2. The fourth-order valence-electron chi connectivity index (χ4n) is 2.69. The van der Waals surface area contributed by atoms with E-state index in [9.17, 15) is 9.59 Å². The van der Waals surface area contributed by atoms with Crippen molar-refractivity contribution in [1.29, 1.82) is 0 Å². The van der Waals surface area contributed by atoms with Crippen LogP contribution in [0.5, 0.6) is 0 Å². The summed E-state index contributed by atoms with van der Waals surface area (Å²) in [5, 5.41) is 6.18. The summed E-state index contributed by atoms with van der Waals surface area (Å²) < 4.78 is 0. The van der Waals surface area contributed by atoms with Crippen LogP contribution in [0.25, 0.3) is 0 Å². The van der Waals surface area contributed by atoms with E-state index in [0.29, 0.717) is 12.0 Å². The van der Waals surface area contributed by atoms with E-state index >= 15 is 0 Å². The number of hydrogen-bond donors (Lipinski definition) is 2. The smallest absolute Gasteiger partial charge is 0.255 e. The number of carbonyl (C=O) groups is 2. The number of benzene rings is 2. The molecule has 0 spiro atoms. The average molecular weight is 323 g/mol. The molecule has 1 aliphatic heterocycles. The third-order valence-electron chi connectivity index (χ3n) is 4.14. The molecule has 0 fully saturated rings. The van der Waals surface area contributed by atoms with Crippen molar-refractivity contribution < 1.29 is 9.59 Å². The third kappa shape index (κ3) is 3.56. The molecule has 1 aliphatic rings. The summed E-state index contributed by atoms with van der Waals surface area (Å²) in [7, 11) is 3.48. The van der Waals surface area contributed by atoms with E-state index in [-0.39, 0.29) is 11.8 Å². The maximum atomic E-state index is 12.4. The molecule has 2 N–H and O–H groups in total. The molecule has 0 atom stereocenters. The van der Waals surface area contributed by atoms with Crippen LogP contribution >= 0.6 is 0 Å². The fraction of sp³-hybridized carbons (Fsp3) is 0.263.